The normalized spacial score (nSPS) is 12.4. The topological polar surface area (TPSA) is 72.6 Å². The van der Waals surface area contributed by atoms with Crippen molar-refractivity contribution in [2.45, 2.75) is 19.4 Å². The fourth-order valence-corrected chi connectivity index (χ4v) is 2.31. The van der Waals surface area contributed by atoms with E-state index in [-0.39, 0.29) is 5.28 Å². The van der Waals surface area contributed by atoms with E-state index in [1.807, 2.05) is 23.7 Å². The summed E-state index contributed by atoms with van der Waals surface area (Å²) in [6.45, 7) is 2.13. The zero-order valence-electron chi connectivity index (χ0n) is 11.6. The molecule has 2 aromatic heterocycles. The molecular weight excluding hydrogens is 298 g/mol. The lowest BCUT2D eigenvalue weighted by atomic mass is 10.2. The van der Waals surface area contributed by atoms with Crippen molar-refractivity contribution in [1.29, 1.82) is 0 Å². The fourth-order valence-electron chi connectivity index (χ4n) is 1.58. The van der Waals surface area contributed by atoms with E-state index >= 15 is 0 Å². The van der Waals surface area contributed by atoms with Crippen LogP contribution in [0.25, 0.3) is 5.95 Å². The van der Waals surface area contributed by atoms with E-state index in [1.165, 1.54) is 17.3 Å². The summed E-state index contributed by atoms with van der Waals surface area (Å²) < 4.78 is 1.46. The number of aromatic nitrogens is 6. The first kappa shape index (κ1) is 15.0. The second-order valence-corrected chi connectivity index (χ2v) is 5.61. The predicted octanol–water partition coefficient (Wildman–Crippen LogP) is 1.68. The van der Waals surface area contributed by atoms with Crippen molar-refractivity contribution >= 4 is 29.3 Å². The molecule has 9 heteroatoms. The van der Waals surface area contributed by atoms with Crippen molar-refractivity contribution in [3.8, 4) is 5.95 Å². The summed E-state index contributed by atoms with van der Waals surface area (Å²) in [4.78, 5) is 18.5. The highest BCUT2D eigenvalue weighted by molar-refractivity contribution is 7.98. The van der Waals surface area contributed by atoms with Gasteiger partial charge in [-0.05, 0) is 37.0 Å². The van der Waals surface area contributed by atoms with Gasteiger partial charge in [-0.3, -0.25) is 0 Å². The summed E-state index contributed by atoms with van der Waals surface area (Å²) in [6, 6.07) is 0.310. The van der Waals surface area contributed by atoms with Gasteiger partial charge in [-0.1, -0.05) is 0 Å². The Bertz CT molecular complexity index is 548. The third kappa shape index (κ3) is 3.57. The molecule has 2 rings (SSSR count). The van der Waals surface area contributed by atoms with Gasteiger partial charge in [-0.2, -0.15) is 36.5 Å². The van der Waals surface area contributed by atoms with Gasteiger partial charge < -0.3 is 4.90 Å². The van der Waals surface area contributed by atoms with Gasteiger partial charge in [0.15, 0.2) is 0 Å². The highest BCUT2D eigenvalue weighted by Gasteiger charge is 2.15. The minimum Gasteiger partial charge on any atom is -0.341 e. The molecule has 7 nitrogen and oxygen atoms in total. The van der Waals surface area contributed by atoms with E-state index in [2.05, 4.69) is 38.2 Å². The number of anilines is 1. The van der Waals surface area contributed by atoms with E-state index in [4.69, 9.17) is 11.6 Å². The quantitative estimate of drug-likeness (QED) is 0.803. The molecular formula is C11H16ClN7S. The van der Waals surface area contributed by atoms with Gasteiger partial charge in [0, 0.05) is 13.1 Å². The van der Waals surface area contributed by atoms with Crippen LogP contribution in [0.5, 0.6) is 0 Å². The highest BCUT2D eigenvalue weighted by atomic mass is 35.5. The zero-order chi connectivity index (χ0) is 14.5. The lowest BCUT2D eigenvalue weighted by Gasteiger charge is -2.24. The Morgan fingerprint density at radius 2 is 2.20 bits per heavy atom. The van der Waals surface area contributed by atoms with Crippen molar-refractivity contribution in [2.24, 2.45) is 0 Å². The van der Waals surface area contributed by atoms with Crippen LogP contribution in [-0.4, -0.2) is 54.8 Å². The van der Waals surface area contributed by atoms with Gasteiger partial charge in [-0.25, -0.2) is 4.98 Å². The molecule has 0 saturated heterocycles. The zero-order valence-corrected chi connectivity index (χ0v) is 13.1. The maximum Gasteiger partial charge on any atom is 0.258 e. The van der Waals surface area contributed by atoms with Crippen LogP contribution in [0.3, 0.4) is 0 Å². The fraction of sp³-hybridized carbons (Fsp3) is 0.545. The van der Waals surface area contributed by atoms with Gasteiger partial charge in [0.05, 0.1) is 0 Å². The van der Waals surface area contributed by atoms with Crippen LogP contribution in [0.4, 0.5) is 5.95 Å². The first-order valence-corrected chi connectivity index (χ1v) is 7.87. The Morgan fingerprint density at radius 3 is 2.85 bits per heavy atom. The summed E-state index contributed by atoms with van der Waals surface area (Å²) in [5, 5.41) is 4.14. The molecule has 0 aromatic carbocycles. The smallest absolute Gasteiger partial charge is 0.258 e. The summed E-state index contributed by atoms with van der Waals surface area (Å²) >= 11 is 7.78. The summed E-state index contributed by atoms with van der Waals surface area (Å²) in [5.41, 5.74) is 0. The minimum atomic E-state index is 0.143. The number of hydrogen-bond acceptors (Lipinski definition) is 7. The lowest BCUT2D eigenvalue weighted by Crippen LogP contribution is -2.31. The molecule has 2 heterocycles. The first-order chi connectivity index (χ1) is 9.61. The average molecular weight is 314 g/mol. The Hall–Kier alpha value is -1.41. The predicted molar refractivity (Wildman–Crippen MR) is 80.6 cm³/mol. The molecule has 0 amide bonds. The molecule has 20 heavy (non-hydrogen) atoms. The third-order valence-electron chi connectivity index (χ3n) is 2.92. The molecule has 2 aromatic rings. The molecule has 0 aliphatic carbocycles. The van der Waals surface area contributed by atoms with Crippen LogP contribution < -0.4 is 4.90 Å². The molecule has 1 atom stereocenters. The van der Waals surface area contributed by atoms with Gasteiger partial charge >= 0.3 is 0 Å². The number of thioether (sulfide) groups is 1. The molecule has 0 aliphatic heterocycles. The highest BCUT2D eigenvalue weighted by Crippen LogP contribution is 2.16. The van der Waals surface area contributed by atoms with Crippen LogP contribution in [0.1, 0.15) is 13.3 Å². The average Bonchev–Trinajstić information content (AvgIpc) is 2.97. The second kappa shape index (κ2) is 6.85. The van der Waals surface area contributed by atoms with E-state index in [1.54, 1.807) is 0 Å². The molecule has 0 N–H and O–H groups in total. The summed E-state index contributed by atoms with van der Waals surface area (Å²) in [5.74, 6) is 1.98. The monoisotopic (exact) mass is 313 g/mol. The molecule has 108 valence electrons. The molecule has 0 radical (unpaired) electrons. The van der Waals surface area contributed by atoms with Crippen molar-refractivity contribution in [3.05, 3.63) is 17.9 Å². The standard InChI is InChI=1S/C11H16ClN7S/c1-8(4-5-20-3)18(2)10-15-9(12)16-11(17-10)19-7-13-6-14-19/h6-8H,4-5H2,1-3H3. The van der Waals surface area contributed by atoms with Crippen LogP contribution in [0.15, 0.2) is 12.7 Å². The number of hydrogen-bond donors (Lipinski definition) is 0. The van der Waals surface area contributed by atoms with Crippen LogP contribution in [0, 0.1) is 0 Å². The van der Waals surface area contributed by atoms with E-state index in [9.17, 15) is 0 Å². The minimum absolute atomic E-state index is 0.143. The lowest BCUT2D eigenvalue weighted by molar-refractivity contribution is 0.647. The van der Waals surface area contributed by atoms with Crippen LogP contribution >= 0.6 is 23.4 Å². The largest absolute Gasteiger partial charge is 0.341 e. The second-order valence-electron chi connectivity index (χ2n) is 4.29. The van der Waals surface area contributed by atoms with Crippen molar-refractivity contribution in [2.75, 3.05) is 24.0 Å². The Labute approximate surface area is 126 Å². The van der Waals surface area contributed by atoms with E-state index in [0.717, 1.165) is 12.2 Å². The number of nitrogens with zero attached hydrogens (tertiary/aromatic N) is 7. The van der Waals surface area contributed by atoms with Crippen molar-refractivity contribution in [1.82, 2.24) is 29.7 Å². The maximum absolute atomic E-state index is 5.97. The van der Waals surface area contributed by atoms with Gasteiger partial charge in [0.1, 0.15) is 12.7 Å². The van der Waals surface area contributed by atoms with Crippen molar-refractivity contribution < 1.29 is 0 Å². The SMILES string of the molecule is CSCCC(C)N(C)c1nc(Cl)nc(-n2cncn2)n1. The summed E-state index contributed by atoms with van der Waals surface area (Å²) in [6.07, 6.45) is 6.07. The first-order valence-electron chi connectivity index (χ1n) is 6.10. The van der Waals surface area contributed by atoms with E-state index < -0.39 is 0 Å². The van der Waals surface area contributed by atoms with Gasteiger partial charge in [0.2, 0.25) is 11.2 Å². The number of halogens is 1. The van der Waals surface area contributed by atoms with E-state index in [0.29, 0.717) is 17.9 Å². The Kier molecular flexibility index (Phi) is 5.13. The Balaban J connectivity index is 2.23. The molecule has 0 aliphatic rings. The molecule has 0 fully saturated rings. The summed E-state index contributed by atoms with van der Waals surface area (Å²) in [7, 11) is 1.95. The molecule has 0 spiro atoms. The number of rotatable bonds is 6. The molecule has 0 saturated carbocycles. The van der Waals surface area contributed by atoms with Gasteiger partial charge in [-0.15, -0.1) is 0 Å². The van der Waals surface area contributed by atoms with Crippen LogP contribution in [-0.2, 0) is 0 Å². The third-order valence-corrected chi connectivity index (χ3v) is 3.74. The van der Waals surface area contributed by atoms with Crippen molar-refractivity contribution in [3.63, 3.8) is 0 Å². The van der Waals surface area contributed by atoms with Crippen LogP contribution in [0.2, 0.25) is 5.28 Å². The molecule has 0 bridgehead atoms. The maximum atomic E-state index is 5.97. The van der Waals surface area contributed by atoms with Gasteiger partial charge in [0.25, 0.3) is 5.95 Å². The molecule has 1 unspecified atom stereocenters. The Morgan fingerprint density at radius 1 is 1.40 bits per heavy atom.